The molecule has 2 fully saturated rings. The number of rotatable bonds is 7. The standard InChI is InChI=1S/C21H28N4O2/c26-20(23-16-6-2-1-3-7-16)14-25-18-9-5-4-8-17(18)24-19(25)12-13-22-21(27)15-10-11-15/h4-5,8-9,15-16H,1-3,6-7,10-14H2,(H,22,27)(H,23,26). The molecule has 0 aliphatic heterocycles. The highest BCUT2D eigenvalue weighted by molar-refractivity contribution is 5.82. The van der Waals surface area contributed by atoms with Crippen LogP contribution in [0.2, 0.25) is 0 Å². The predicted molar refractivity (Wildman–Crippen MR) is 104 cm³/mol. The normalized spacial score (nSPS) is 17.8. The number of amides is 2. The lowest BCUT2D eigenvalue weighted by molar-refractivity contribution is -0.123. The summed E-state index contributed by atoms with van der Waals surface area (Å²) in [6.07, 6.45) is 8.47. The molecule has 0 unspecified atom stereocenters. The Balaban J connectivity index is 1.43. The Kier molecular flexibility index (Phi) is 5.41. The molecule has 1 aromatic heterocycles. The predicted octanol–water partition coefficient (Wildman–Crippen LogP) is 2.55. The Morgan fingerprint density at radius 2 is 1.85 bits per heavy atom. The number of para-hydroxylation sites is 2. The monoisotopic (exact) mass is 368 g/mol. The maximum atomic E-state index is 12.6. The summed E-state index contributed by atoms with van der Waals surface area (Å²) < 4.78 is 2.00. The molecule has 0 saturated heterocycles. The highest BCUT2D eigenvalue weighted by atomic mass is 16.2. The molecule has 6 nitrogen and oxygen atoms in total. The zero-order valence-corrected chi connectivity index (χ0v) is 15.7. The minimum atomic E-state index is 0.0494. The molecule has 27 heavy (non-hydrogen) atoms. The first kappa shape index (κ1) is 18.0. The van der Waals surface area contributed by atoms with E-state index in [9.17, 15) is 9.59 Å². The molecule has 2 aromatic rings. The molecule has 2 aliphatic rings. The average Bonchev–Trinajstić information content (AvgIpc) is 3.47. The van der Waals surface area contributed by atoms with Gasteiger partial charge in [-0.3, -0.25) is 9.59 Å². The summed E-state index contributed by atoms with van der Waals surface area (Å²) in [5.74, 6) is 1.26. The van der Waals surface area contributed by atoms with Crippen LogP contribution in [0.15, 0.2) is 24.3 Å². The zero-order chi connectivity index (χ0) is 18.6. The van der Waals surface area contributed by atoms with Crippen molar-refractivity contribution in [1.29, 1.82) is 0 Å². The molecule has 0 spiro atoms. The first-order chi connectivity index (χ1) is 13.2. The molecule has 4 rings (SSSR count). The average molecular weight is 368 g/mol. The van der Waals surface area contributed by atoms with E-state index in [1.807, 2.05) is 28.8 Å². The van der Waals surface area contributed by atoms with Gasteiger partial charge in [0.15, 0.2) is 0 Å². The zero-order valence-electron chi connectivity index (χ0n) is 15.7. The molecule has 0 radical (unpaired) electrons. The van der Waals surface area contributed by atoms with Crippen molar-refractivity contribution in [2.45, 2.75) is 64.0 Å². The molecular formula is C21H28N4O2. The lowest BCUT2D eigenvalue weighted by atomic mass is 9.95. The topological polar surface area (TPSA) is 76.0 Å². The van der Waals surface area contributed by atoms with Crippen molar-refractivity contribution < 1.29 is 9.59 Å². The van der Waals surface area contributed by atoms with Crippen LogP contribution >= 0.6 is 0 Å². The van der Waals surface area contributed by atoms with E-state index >= 15 is 0 Å². The van der Waals surface area contributed by atoms with E-state index in [2.05, 4.69) is 10.6 Å². The lowest BCUT2D eigenvalue weighted by Crippen LogP contribution is -2.38. The molecular weight excluding hydrogens is 340 g/mol. The third-order valence-electron chi connectivity index (χ3n) is 5.60. The third kappa shape index (κ3) is 4.49. The fraction of sp³-hybridized carbons (Fsp3) is 0.571. The van der Waals surface area contributed by atoms with Crippen molar-refractivity contribution in [2.75, 3.05) is 6.54 Å². The van der Waals surface area contributed by atoms with Crippen LogP contribution in [0.5, 0.6) is 0 Å². The summed E-state index contributed by atoms with van der Waals surface area (Å²) in [7, 11) is 0. The van der Waals surface area contributed by atoms with E-state index in [0.717, 1.165) is 42.5 Å². The van der Waals surface area contributed by atoms with Gasteiger partial charge < -0.3 is 15.2 Å². The third-order valence-corrected chi connectivity index (χ3v) is 5.60. The number of carbonyl (C=O) groups is 2. The minimum absolute atomic E-state index is 0.0494. The van der Waals surface area contributed by atoms with Crippen LogP contribution in [0, 0.1) is 5.92 Å². The van der Waals surface area contributed by atoms with Gasteiger partial charge in [0.25, 0.3) is 0 Å². The lowest BCUT2D eigenvalue weighted by Gasteiger charge is -2.23. The molecule has 6 heteroatoms. The molecule has 2 aliphatic carbocycles. The molecule has 144 valence electrons. The van der Waals surface area contributed by atoms with E-state index in [-0.39, 0.29) is 24.3 Å². The fourth-order valence-electron chi connectivity index (χ4n) is 3.94. The summed E-state index contributed by atoms with van der Waals surface area (Å²) in [6, 6.07) is 8.21. The van der Waals surface area contributed by atoms with Crippen molar-refractivity contribution in [3.63, 3.8) is 0 Å². The Morgan fingerprint density at radius 1 is 1.07 bits per heavy atom. The van der Waals surface area contributed by atoms with E-state index in [4.69, 9.17) is 4.98 Å². The molecule has 2 amide bonds. The van der Waals surface area contributed by atoms with Crippen molar-refractivity contribution in [3.05, 3.63) is 30.1 Å². The van der Waals surface area contributed by atoms with Crippen LogP contribution in [0.1, 0.15) is 50.8 Å². The Morgan fingerprint density at radius 3 is 2.63 bits per heavy atom. The number of hydrogen-bond acceptors (Lipinski definition) is 3. The van der Waals surface area contributed by atoms with Gasteiger partial charge in [0.05, 0.1) is 11.0 Å². The van der Waals surface area contributed by atoms with Crippen LogP contribution in [0.3, 0.4) is 0 Å². The number of benzene rings is 1. The second-order valence-electron chi connectivity index (χ2n) is 7.82. The first-order valence-corrected chi connectivity index (χ1v) is 10.2. The largest absolute Gasteiger partial charge is 0.355 e. The van der Waals surface area contributed by atoms with E-state index in [1.54, 1.807) is 0 Å². The number of fused-ring (bicyclic) bond motifs is 1. The number of nitrogens with one attached hydrogen (secondary N) is 2. The Hall–Kier alpha value is -2.37. The summed E-state index contributed by atoms with van der Waals surface area (Å²) in [5, 5.41) is 6.18. The van der Waals surface area contributed by atoms with Crippen molar-refractivity contribution in [2.24, 2.45) is 5.92 Å². The number of carbonyl (C=O) groups excluding carboxylic acids is 2. The number of nitrogens with zero attached hydrogens (tertiary/aromatic N) is 2. The summed E-state index contributed by atoms with van der Waals surface area (Å²) in [6.45, 7) is 0.839. The molecule has 0 atom stereocenters. The summed E-state index contributed by atoms with van der Waals surface area (Å²) in [5.41, 5.74) is 1.87. The maximum absolute atomic E-state index is 12.6. The maximum Gasteiger partial charge on any atom is 0.240 e. The SMILES string of the molecule is O=C(Cn1c(CCNC(=O)C2CC2)nc2ccccc21)NC1CCCCC1. The minimum Gasteiger partial charge on any atom is -0.355 e. The summed E-state index contributed by atoms with van der Waals surface area (Å²) in [4.78, 5) is 29.2. The molecule has 2 N–H and O–H groups in total. The van der Waals surface area contributed by atoms with Gasteiger partial charge in [0.1, 0.15) is 12.4 Å². The van der Waals surface area contributed by atoms with Gasteiger partial charge in [0, 0.05) is 24.9 Å². The van der Waals surface area contributed by atoms with Crippen molar-refractivity contribution in [3.8, 4) is 0 Å². The number of imidazole rings is 1. The van der Waals surface area contributed by atoms with Crippen LogP contribution in [-0.2, 0) is 22.6 Å². The van der Waals surface area contributed by atoms with Crippen molar-refractivity contribution in [1.82, 2.24) is 20.2 Å². The molecule has 1 aromatic carbocycles. The van der Waals surface area contributed by atoms with E-state index in [1.165, 1.54) is 19.3 Å². The van der Waals surface area contributed by atoms with Crippen LogP contribution < -0.4 is 10.6 Å². The van der Waals surface area contributed by atoms with Gasteiger partial charge in [-0.25, -0.2) is 4.98 Å². The van der Waals surface area contributed by atoms with E-state index < -0.39 is 0 Å². The van der Waals surface area contributed by atoms with Crippen LogP contribution in [0.4, 0.5) is 0 Å². The first-order valence-electron chi connectivity index (χ1n) is 10.2. The molecule has 0 bridgehead atoms. The van der Waals surface area contributed by atoms with Gasteiger partial charge in [-0.1, -0.05) is 31.4 Å². The van der Waals surface area contributed by atoms with Crippen molar-refractivity contribution >= 4 is 22.8 Å². The highest BCUT2D eigenvalue weighted by Crippen LogP contribution is 2.28. The Labute approximate surface area is 159 Å². The Bertz CT molecular complexity index is 819. The van der Waals surface area contributed by atoms with Gasteiger partial charge in [-0.2, -0.15) is 0 Å². The molecule has 1 heterocycles. The fourth-order valence-corrected chi connectivity index (χ4v) is 3.94. The number of hydrogen-bond donors (Lipinski definition) is 2. The van der Waals surface area contributed by atoms with Gasteiger partial charge in [-0.15, -0.1) is 0 Å². The highest BCUT2D eigenvalue weighted by Gasteiger charge is 2.29. The van der Waals surface area contributed by atoms with Gasteiger partial charge >= 0.3 is 0 Å². The van der Waals surface area contributed by atoms with Gasteiger partial charge in [-0.05, 0) is 37.8 Å². The van der Waals surface area contributed by atoms with Crippen LogP contribution in [-0.4, -0.2) is 34.0 Å². The second kappa shape index (κ2) is 8.11. The molecule has 2 saturated carbocycles. The number of aromatic nitrogens is 2. The van der Waals surface area contributed by atoms with Gasteiger partial charge in [0.2, 0.25) is 11.8 Å². The quantitative estimate of drug-likeness (QED) is 0.789. The smallest absolute Gasteiger partial charge is 0.240 e. The second-order valence-corrected chi connectivity index (χ2v) is 7.82. The van der Waals surface area contributed by atoms with E-state index in [0.29, 0.717) is 19.0 Å². The van der Waals surface area contributed by atoms with Crippen LogP contribution in [0.25, 0.3) is 11.0 Å². The summed E-state index contributed by atoms with van der Waals surface area (Å²) >= 11 is 0.